The second-order valence-electron chi connectivity index (χ2n) is 3.53. The number of ether oxygens (including phenoxy) is 1. The van der Waals surface area contributed by atoms with Crippen LogP contribution in [0.4, 0.5) is 4.39 Å². The minimum absolute atomic E-state index is 0.201. The third kappa shape index (κ3) is 4.03. The van der Waals surface area contributed by atoms with Gasteiger partial charge in [-0.05, 0) is 24.6 Å². The quantitative estimate of drug-likeness (QED) is 0.787. The van der Waals surface area contributed by atoms with Gasteiger partial charge in [-0.3, -0.25) is 4.79 Å². The standard InChI is InChI=1S/C12H17FN2O2/c1-2-6-15-12(16)10-8-9(13)3-4-11(10)17-7-5-14/h3-4,8H,2,5-7,14H2,1H3,(H,15,16). The molecular formula is C12H17FN2O2. The Kier molecular flexibility index (Phi) is 5.42. The number of benzene rings is 1. The summed E-state index contributed by atoms with van der Waals surface area (Å²) in [5, 5.41) is 2.68. The van der Waals surface area contributed by atoms with Gasteiger partial charge in [0.25, 0.3) is 5.91 Å². The molecule has 94 valence electrons. The van der Waals surface area contributed by atoms with Gasteiger partial charge in [0, 0.05) is 13.1 Å². The van der Waals surface area contributed by atoms with Crippen molar-refractivity contribution in [3.63, 3.8) is 0 Å². The Morgan fingerprint density at radius 1 is 1.53 bits per heavy atom. The van der Waals surface area contributed by atoms with E-state index >= 15 is 0 Å². The Balaban J connectivity index is 2.85. The molecule has 0 atom stereocenters. The van der Waals surface area contributed by atoms with E-state index in [1.807, 2.05) is 6.92 Å². The molecule has 1 amide bonds. The lowest BCUT2D eigenvalue weighted by Crippen LogP contribution is -2.25. The second-order valence-corrected chi connectivity index (χ2v) is 3.53. The van der Waals surface area contributed by atoms with Gasteiger partial charge < -0.3 is 15.8 Å². The van der Waals surface area contributed by atoms with Crippen molar-refractivity contribution in [2.75, 3.05) is 19.7 Å². The molecule has 0 heterocycles. The van der Waals surface area contributed by atoms with Gasteiger partial charge in [0.2, 0.25) is 0 Å². The number of carbonyl (C=O) groups excluding carboxylic acids is 1. The predicted molar refractivity (Wildman–Crippen MR) is 63.6 cm³/mol. The Morgan fingerprint density at radius 3 is 2.94 bits per heavy atom. The maximum Gasteiger partial charge on any atom is 0.255 e. The zero-order valence-corrected chi connectivity index (χ0v) is 9.83. The van der Waals surface area contributed by atoms with E-state index < -0.39 is 5.82 Å². The molecule has 0 aliphatic heterocycles. The fraction of sp³-hybridized carbons (Fsp3) is 0.417. The molecule has 3 N–H and O–H groups in total. The summed E-state index contributed by atoms with van der Waals surface area (Å²) in [6.45, 7) is 3.12. The van der Waals surface area contributed by atoms with Gasteiger partial charge in [-0.1, -0.05) is 6.92 Å². The van der Waals surface area contributed by atoms with Crippen LogP contribution >= 0.6 is 0 Å². The number of nitrogens with one attached hydrogen (secondary N) is 1. The number of nitrogens with two attached hydrogens (primary N) is 1. The van der Waals surface area contributed by atoms with Crippen molar-refractivity contribution < 1.29 is 13.9 Å². The highest BCUT2D eigenvalue weighted by Gasteiger charge is 2.13. The van der Waals surface area contributed by atoms with Crippen molar-refractivity contribution in [2.24, 2.45) is 5.73 Å². The van der Waals surface area contributed by atoms with E-state index in [2.05, 4.69) is 5.32 Å². The summed E-state index contributed by atoms with van der Waals surface area (Å²) in [4.78, 5) is 11.8. The van der Waals surface area contributed by atoms with Crippen LogP contribution in [0.3, 0.4) is 0 Å². The maximum absolute atomic E-state index is 13.1. The Labute approximate surface area is 100.0 Å². The lowest BCUT2D eigenvalue weighted by molar-refractivity contribution is 0.0949. The van der Waals surface area contributed by atoms with Crippen molar-refractivity contribution in [2.45, 2.75) is 13.3 Å². The first-order chi connectivity index (χ1) is 8.19. The van der Waals surface area contributed by atoms with Crippen LogP contribution in [0, 0.1) is 5.82 Å². The molecule has 0 fully saturated rings. The largest absolute Gasteiger partial charge is 0.491 e. The minimum Gasteiger partial charge on any atom is -0.491 e. The zero-order valence-electron chi connectivity index (χ0n) is 9.83. The van der Waals surface area contributed by atoms with Gasteiger partial charge >= 0.3 is 0 Å². The average Bonchev–Trinajstić information content (AvgIpc) is 2.34. The summed E-state index contributed by atoms with van der Waals surface area (Å²) in [5.74, 6) is -0.449. The summed E-state index contributed by atoms with van der Waals surface area (Å²) in [7, 11) is 0. The first-order valence-electron chi connectivity index (χ1n) is 5.59. The van der Waals surface area contributed by atoms with Gasteiger partial charge in [-0.25, -0.2) is 4.39 Å². The average molecular weight is 240 g/mol. The third-order valence-electron chi connectivity index (χ3n) is 2.10. The topological polar surface area (TPSA) is 64.3 Å². The van der Waals surface area contributed by atoms with Gasteiger partial charge in [-0.15, -0.1) is 0 Å². The molecule has 0 spiro atoms. The van der Waals surface area contributed by atoms with E-state index in [1.165, 1.54) is 12.1 Å². The van der Waals surface area contributed by atoms with Crippen LogP contribution in [0.5, 0.6) is 5.75 Å². The SMILES string of the molecule is CCCNC(=O)c1cc(F)ccc1OCCN. The van der Waals surface area contributed by atoms with Gasteiger partial charge in [-0.2, -0.15) is 0 Å². The van der Waals surface area contributed by atoms with Crippen molar-refractivity contribution in [1.29, 1.82) is 0 Å². The van der Waals surface area contributed by atoms with Crippen molar-refractivity contribution in [3.05, 3.63) is 29.6 Å². The Morgan fingerprint density at radius 2 is 2.29 bits per heavy atom. The summed E-state index contributed by atoms with van der Waals surface area (Å²) >= 11 is 0. The zero-order chi connectivity index (χ0) is 12.7. The molecule has 0 aromatic heterocycles. The molecule has 0 radical (unpaired) electrons. The molecule has 0 bridgehead atoms. The summed E-state index contributed by atoms with van der Waals surface area (Å²) in [6.07, 6.45) is 0.819. The lowest BCUT2D eigenvalue weighted by Gasteiger charge is -2.10. The van der Waals surface area contributed by atoms with Crippen LogP contribution in [0.2, 0.25) is 0 Å². The molecule has 5 heteroatoms. The van der Waals surface area contributed by atoms with Crippen LogP contribution in [-0.4, -0.2) is 25.6 Å². The molecular weight excluding hydrogens is 223 g/mol. The third-order valence-corrected chi connectivity index (χ3v) is 2.10. The molecule has 1 aromatic rings. The molecule has 1 rings (SSSR count). The number of carbonyl (C=O) groups is 1. The fourth-order valence-corrected chi connectivity index (χ4v) is 1.31. The van der Waals surface area contributed by atoms with Crippen molar-refractivity contribution >= 4 is 5.91 Å². The number of halogens is 1. The number of hydrogen-bond acceptors (Lipinski definition) is 3. The summed E-state index contributed by atoms with van der Waals surface area (Å²) in [6, 6.07) is 3.85. The highest BCUT2D eigenvalue weighted by molar-refractivity contribution is 5.96. The Hall–Kier alpha value is -1.62. The number of amides is 1. The van der Waals surface area contributed by atoms with Crippen LogP contribution in [-0.2, 0) is 0 Å². The fourth-order valence-electron chi connectivity index (χ4n) is 1.31. The molecule has 0 unspecified atom stereocenters. The van der Waals surface area contributed by atoms with E-state index in [0.717, 1.165) is 12.5 Å². The molecule has 17 heavy (non-hydrogen) atoms. The van der Waals surface area contributed by atoms with Crippen LogP contribution in [0.25, 0.3) is 0 Å². The first kappa shape index (κ1) is 13.4. The Bertz CT molecular complexity index is 383. The first-order valence-corrected chi connectivity index (χ1v) is 5.59. The second kappa shape index (κ2) is 6.85. The molecule has 0 aliphatic rings. The van der Waals surface area contributed by atoms with E-state index in [-0.39, 0.29) is 11.5 Å². The molecule has 0 saturated carbocycles. The minimum atomic E-state index is -0.466. The normalized spacial score (nSPS) is 10.1. The van der Waals surface area contributed by atoms with Gasteiger partial charge in [0.15, 0.2) is 0 Å². The molecule has 4 nitrogen and oxygen atoms in total. The molecule has 1 aromatic carbocycles. The number of hydrogen-bond donors (Lipinski definition) is 2. The lowest BCUT2D eigenvalue weighted by atomic mass is 10.2. The highest BCUT2D eigenvalue weighted by Crippen LogP contribution is 2.19. The summed E-state index contributed by atoms with van der Waals surface area (Å²) < 4.78 is 18.4. The van der Waals surface area contributed by atoms with Crippen LogP contribution in [0.1, 0.15) is 23.7 Å². The maximum atomic E-state index is 13.1. The smallest absolute Gasteiger partial charge is 0.255 e. The highest BCUT2D eigenvalue weighted by atomic mass is 19.1. The predicted octanol–water partition coefficient (Wildman–Crippen LogP) is 1.30. The van der Waals surface area contributed by atoms with Crippen molar-refractivity contribution in [3.8, 4) is 5.75 Å². The van der Waals surface area contributed by atoms with E-state index in [9.17, 15) is 9.18 Å². The van der Waals surface area contributed by atoms with E-state index in [1.54, 1.807) is 0 Å². The van der Waals surface area contributed by atoms with Gasteiger partial charge in [0.05, 0.1) is 5.56 Å². The summed E-state index contributed by atoms with van der Waals surface area (Å²) in [5.41, 5.74) is 5.51. The number of rotatable bonds is 6. The monoisotopic (exact) mass is 240 g/mol. The van der Waals surface area contributed by atoms with E-state index in [0.29, 0.717) is 25.4 Å². The molecule has 0 aliphatic carbocycles. The van der Waals surface area contributed by atoms with Crippen LogP contribution in [0.15, 0.2) is 18.2 Å². The van der Waals surface area contributed by atoms with Crippen LogP contribution < -0.4 is 15.8 Å². The van der Waals surface area contributed by atoms with E-state index in [4.69, 9.17) is 10.5 Å². The van der Waals surface area contributed by atoms with Crippen molar-refractivity contribution in [1.82, 2.24) is 5.32 Å². The van der Waals surface area contributed by atoms with Gasteiger partial charge in [0.1, 0.15) is 18.2 Å². The molecule has 0 saturated heterocycles.